The summed E-state index contributed by atoms with van der Waals surface area (Å²) in [7, 11) is 0. The maximum Gasteiger partial charge on any atom is -0.0171 e. The van der Waals surface area contributed by atoms with E-state index in [0.717, 1.165) is 11.1 Å². The molecule has 0 aromatic heterocycles. The van der Waals surface area contributed by atoms with E-state index in [4.69, 9.17) is 0 Å². The molecule has 0 saturated heterocycles. The normalized spacial score (nSPS) is 9.34. The zero-order chi connectivity index (χ0) is 23.8. The third kappa shape index (κ3) is 12.0. The van der Waals surface area contributed by atoms with Crippen molar-refractivity contribution in [2.75, 3.05) is 0 Å². The van der Waals surface area contributed by atoms with E-state index in [1.54, 1.807) is 0 Å². The largest absolute Gasteiger partial charge is 0.0990 e. The van der Waals surface area contributed by atoms with Crippen LogP contribution in [0.2, 0.25) is 0 Å². The van der Waals surface area contributed by atoms with E-state index in [2.05, 4.69) is 50.1 Å². The minimum atomic E-state index is 1.11. The molecule has 0 aliphatic rings. The third-order valence-corrected chi connectivity index (χ3v) is 3.29. The smallest absolute Gasteiger partial charge is 0.0171 e. The fourth-order valence-corrected chi connectivity index (χ4v) is 2.29. The molecule has 0 unspecified atom stereocenters. The molecule has 0 fully saturated rings. The molecule has 0 heterocycles. The van der Waals surface area contributed by atoms with Gasteiger partial charge in [0.05, 0.1) is 0 Å². The molecule has 0 radical (unpaired) electrons. The van der Waals surface area contributed by atoms with Crippen molar-refractivity contribution in [2.24, 2.45) is 0 Å². The lowest BCUT2D eigenvalue weighted by Gasteiger charge is -2.05. The molecular formula is C29H48. The van der Waals surface area contributed by atoms with Crippen LogP contribution in [0.5, 0.6) is 0 Å². The van der Waals surface area contributed by atoms with Crippen LogP contribution in [-0.4, -0.2) is 0 Å². The van der Waals surface area contributed by atoms with Crippen LogP contribution >= 0.6 is 0 Å². The zero-order valence-corrected chi connectivity index (χ0v) is 21.3. The van der Waals surface area contributed by atoms with E-state index in [1.165, 1.54) is 21.2 Å². The predicted molar refractivity (Wildman–Crippen MR) is 145 cm³/mol. The lowest BCUT2D eigenvalue weighted by molar-refractivity contribution is 1.50. The molecule has 0 saturated carbocycles. The fourth-order valence-electron chi connectivity index (χ4n) is 2.29. The Kier molecular flexibility index (Phi) is 30.2. The van der Waals surface area contributed by atoms with Gasteiger partial charge in [0.2, 0.25) is 0 Å². The van der Waals surface area contributed by atoms with Crippen molar-refractivity contribution in [3.8, 4) is 0 Å². The topological polar surface area (TPSA) is 0 Å². The summed E-state index contributed by atoms with van der Waals surface area (Å²) in [6, 6.07) is 8.69. The van der Waals surface area contributed by atoms with Crippen molar-refractivity contribution < 1.29 is 0 Å². The second-order valence-corrected chi connectivity index (χ2v) is 4.41. The van der Waals surface area contributed by atoms with E-state index in [-0.39, 0.29) is 0 Å². The van der Waals surface area contributed by atoms with Gasteiger partial charge in [-0.25, -0.2) is 0 Å². The molecule has 0 bridgehead atoms. The first-order valence-corrected chi connectivity index (χ1v) is 11.3. The van der Waals surface area contributed by atoms with E-state index >= 15 is 0 Å². The Morgan fingerprint density at radius 1 is 0.552 bits per heavy atom. The molecule has 0 atom stereocenters. The molecule has 0 aliphatic carbocycles. The molecule has 0 amide bonds. The number of allylic oxidation sites excluding steroid dienone is 1. The first-order valence-electron chi connectivity index (χ1n) is 11.3. The van der Waals surface area contributed by atoms with Crippen LogP contribution in [0.15, 0.2) is 50.1 Å². The van der Waals surface area contributed by atoms with Crippen LogP contribution in [0.1, 0.15) is 87.3 Å². The zero-order valence-electron chi connectivity index (χ0n) is 21.3. The molecule has 2 aromatic rings. The Bertz CT molecular complexity index is 774. The van der Waals surface area contributed by atoms with E-state index in [0.29, 0.717) is 0 Å². The van der Waals surface area contributed by atoms with Crippen molar-refractivity contribution in [3.63, 3.8) is 0 Å². The van der Waals surface area contributed by atoms with Gasteiger partial charge >= 0.3 is 0 Å². The second-order valence-electron chi connectivity index (χ2n) is 4.41. The highest BCUT2D eigenvalue weighted by Gasteiger charge is 2.00. The van der Waals surface area contributed by atoms with Gasteiger partial charge in [0.1, 0.15) is 0 Å². The van der Waals surface area contributed by atoms with Crippen LogP contribution in [-0.2, 0) is 0 Å². The van der Waals surface area contributed by atoms with E-state index in [1.807, 2.05) is 100 Å². The number of benzene rings is 2. The van der Waals surface area contributed by atoms with Crippen LogP contribution < -0.4 is 10.4 Å². The first kappa shape index (κ1) is 34.2. The average molecular weight is 397 g/mol. The van der Waals surface area contributed by atoms with Crippen LogP contribution in [0.3, 0.4) is 0 Å². The van der Waals surface area contributed by atoms with Crippen LogP contribution in [0.25, 0.3) is 35.1 Å². The second kappa shape index (κ2) is 25.7. The summed E-state index contributed by atoms with van der Waals surface area (Å²) >= 11 is 0. The average Bonchev–Trinajstić information content (AvgIpc) is 2.84. The number of hydrogen-bond donors (Lipinski definition) is 0. The molecular weight excluding hydrogens is 348 g/mol. The lowest BCUT2D eigenvalue weighted by Crippen LogP contribution is -2.23. The Morgan fingerprint density at radius 3 is 1.17 bits per heavy atom. The number of fused-ring (bicyclic) bond motifs is 1. The van der Waals surface area contributed by atoms with Crippen molar-refractivity contribution >= 4 is 35.1 Å². The van der Waals surface area contributed by atoms with Gasteiger partial charge in [-0.15, -0.1) is 0 Å². The Hall–Kier alpha value is -2.34. The van der Waals surface area contributed by atoms with Gasteiger partial charge in [-0.2, -0.15) is 0 Å². The van der Waals surface area contributed by atoms with Gasteiger partial charge in [-0.1, -0.05) is 119 Å². The van der Waals surface area contributed by atoms with Gasteiger partial charge in [0.15, 0.2) is 0 Å². The maximum atomic E-state index is 3.86. The molecule has 29 heavy (non-hydrogen) atoms. The molecule has 2 rings (SSSR count). The minimum absolute atomic E-state index is 1.11. The van der Waals surface area contributed by atoms with Crippen LogP contribution in [0.4, 0.5) is 0 Å². The predicted octanol–water partition coefficient (Wildman–Crippen LogP) is 9.02. The summed E-state index contributed by atoms with van der Waals surface area (Å²) in [6.45, 7) is 33.5. The van der Waals surface area contributed by atoms with E-state index in [9.17, 15) is 0 Å². The molecule has 164 valence electrons. The Balaban J connectivity index is -0.000000273. The van der Waals surface area contributed by atoms with E-state index < -0.39 is 0 Å². The quantitative estimate of drug-likeness (QED) is 0.485. The number of hydrogen-bond acceptors (Lipinski definition) is 0. The highest BCUT2D eigenvalue weighted by molar-refractivity contribution is 5.88. The molecule has 0 aliphatic heterocycles. The summed E-state index contributed by atoms with van der Waals surface area (Å²) in [5, 5.41) is 4.83. The summed E-state index contributed by atoms with van der Waals surface area (Å²) in [6.07, 6.45) is 9.71. The molecule has 0 nitrogen and oxygen atoms in total. The number of rotatable bonds is 3. The van der Waals surface area contributed by atoms with Gasteiger partial charge in [-0.3, -0.25) is 0 Å². The summed E-state index contributed by atoms with van der Waals surface area (Å²) in [4.78, 5) is 0. The Labute approximate surface area is 183 Å². The summed E-state index contributed by atoms with van der Waals surface area (Å²) < 4.78 is 0. The maximum absolute atomic E-state index is 3.86. The van der Waals surface area contributed by atoms with Crippen LogP contribution in [0, 0.1) is 0 Å². The SMILES string of the molecule is C=C/C=c1/cc2cc(C=C)c(C=C)cc2c/c1=C/C.CC.CC.CC.CC.CC. The highest BCUT2D eigenvalue weighted by atomic mass is 14.0. The molecule has 0 N–H and O–H groups in total. The van der Waals surface area contributed by atoms with Crippen molar-refractivity contribution in [1.82, 2.24) is 0 Å². The standard InChI is InChI=1S/C19H18.5C2H6/c1-5-9-17-13-19-11-15(7-3)14(6-2)10-18(19)12-16(17)8-4;5*1-2/h5-13H,1-3H2,4H3;5*1-2H3/b16-8-,17-9-;;;;;. The molecule has 0 spiro atoms. The summed E-state index contributed by atoms with van der Waals surface area (Å²) in [5.74, 6) is 0. The minimum Gasteiger partial charge on any atom is -0.0990 e. The Morgan fingerprint density at radius 2 is 0.897 bits per heavy atom. The van der Waals surface area contributed by atoms with Crippen molar-refractivity contribution in [1.29, 1.82) is 0 Å². The molecule has 0 heteroatoms. The fraction of sp³-hybridized carbons (Fsp3) is 0.379. The monoisotopic (exact) mass is 396 g/mol. The first-order chi connectivity index (χ1) is 14.2. The van der Waals surface area contributed by atoms with Gasteiger partial charge in [0.25, 0.3) is 0 Å². The summed E-state index contributed by atoms with van der Waals surface area (Å²) in [5.41, 5.74) is 2.23. The van der Waals surface area contributed by atoms with Gasteiger partial charge in [-0.05, 0) is 63.5 Å². The van der Waals surface area contributed by atoms with Crippen molar-refractivity contribution in [3.05, 3.63) is 71.6 Å². The molecule has 2 aromatic carbocycles. The van der Waals surface area contributed by atoms with Gasteiger partial charge in [0, 0.05) is 0 Å². The van der Waals surface area contributed by atoms with Gasteiger partial charge < -0.3 is 0 Å². The lowest BCUT2D eigenvalue weighted by atomic mass is 9.99. The highest BCUT2D eigenvalue weighted by Crippen LogP contribution is 2.20. The van der Waals surface area contributed by atoms with Crippen molar-refractivity contribution in [2.45, 2.75) is 76.2 Å². The third-order valence-electron chi connectivity index (χ3n) is 3.29.